The highest BCUT2D eigenvalue weighted by Gasteiger charge is 2.50. The number of likely N-dealkylation sites (tertiary alicyclic amines) is 1. The molecule has 2 aliphatic heterocycles. The van der Waals surface area contributed by atoms with Gasteiger partial charge in [0.25, 0.3) is 0 Å². The topological polar surface area (TPSA) is 53.1 Å². The number of benzene rings is 1. The van der Waals surface area contributed by atoms with E-state index in [2.05, 4.69) is 18.7 Å². The average Bonchev–Trinajstić information content (AvgIpc) is 3.46. The van der Waals surface area contributed by atoms with Gasteiger partial charge in [-0.05, 0) is 95.3 Å². The predicted molar refractivity (Wildman–Crippen MR) is 146 cm³/mol. The van der Waals surface area contributed by atoms with Crippen LogP contribution in [0.15, 0.2) is 18.2 Å². The zero-order valence-electron chi connectivity index (χ0n) is 24.1. The summed E-state index contributed by atoms with van der Waals surface area (Å²) >= 11 is 0. The first kappa shape index (κ1) is 28.3. The van der Waals surface area contributed by atoms with Crippen LogP contribution < -0.4 is 0 Å². The minimum Gasteiger partial charge on any atom is -0.447 e. The summed E-state index contributed by atoms with van der Waals surface area (Å²) in [5.41, 5.74) is 0.0909. The number of carbonyl (C=O) groups is 2. The molecule has 4 aliphatic rings. The summed E-state index contributed by atoms with van der Waals surface area (Å²) in [6, 6.07) is 3.93. The molecule has 2 heterocycles. The lowest BCUT2D eigenvalue weighted by molar-refractivity contribution is -0.139. The van der Waals surface area contributed by atoms with Gasteiger partial charge in [-0.15, -0.1) is 0 Å². The van der Waals surface area contributed by atoms with E-state index in [9.17, 15) is 18.4 Å². The largest absolute Gasteiger partial charge is 0.447 e. The third-order valence-corrected chi connectivity index (χ3v) is 10.5. The van der Waals surface area contributed by atoms with Gasteiger partial charge >= 0.3 is 6.09 Å². The molecule has 216 valence electrons. The highest BCUT2D eigenvalue weighted by Crippen LogP contribution is 2.49. The maximum atomic E-state index is 14.9. The molecule has 2 saturated carbocycles. The number of hydrogen-bond acceptors (Lipinski definition) is 4. The first-order valence-corrected chi connectivity index (χ1v) is 14.9. The molecule has 2 amide bonds. The Balaban J connectivity index is 1.35. The number of piperidine rings is 1. The third-order valence-electron chi connectivity index (χ3n) is 10.5. The fourth-order valence-corrected chi connectivity index (χ4v) is 7.90. The van der Waals surface area contributed by atoms with Crippen molar-refractivity contribution in [3.8, 4) is 0 Å². The van der Waals surface area contributed by atoms with E-state index in [0.29, 0.717) is 50.6 Å². The van der Waals surface area contributed by atoms with Crippen molar-refractivity contribution in [2.45, 2.75) is 89.1 Å². The fraction of sp³-hybridized carbons (Fsp3) is 0.742. The van der Waals surface area contributed by atoms with Crippen molar-refractivity contribution in [3.05, 3.63) is 35.4 Å². The molecule has 0 bridgehead atoms. The number of nitrogens with zero attached hydrogens (tertiary/aromatic N) is 3. The minimum absolute atomic E-state index is 0.0257. The number of carbonyl (C=O) groups excluding carboxylic acids is 2. The molecule has 5 rings (SSSR count). The molecule has 2 saturated heterocycles. The van der Waals surface area contributed by atoms with Crippen LogP contribution in [0.1, 0.15) is 83.1 Å². The summed E-state index contributed by atoms with van der Waals surface area (Å²) in [6.45, 7) is 6.54. The molecule has 0 aromatic heterocycles. The number of hydrogen-bond donors (Lipinski definition) is 0. The normalized spacial score (nSPS) is 29.2. The van der Waals surface area contributed by atoms with Gasteiger partial charge in [-0.25, -0.2) is 13.6 Å². The predicted octanol–water partition coefficient (Wildman–Crippen LogP) is 5.81. The number of rotatable bonds is 6. The van der Waals surface area contributed by atoms with Crippen molar-refractivity contribution >= 4 is 12.0 Å². The fourth-order valence-electron chi connectivity index (χ4n) is 7.90. The molecule has 0 N–H and O–H groups in total. The minimum atomic E-state index is -0.596. The number of amides is 2. The molecule has 1 unspecified atom stereocenters. The van der Waals surface area contributed by atoms with E-state index in [1.54, 1.807) is 0 Å². The molecule has 6 nitrogen and oxygen atoms in total. The average molecular weight is 546 g/mol. The zero-order chi connectivity index (χ0) is 27.9. The van der Waals surface area contributed by atoms with E-state index < -0.39 is 11.6 Å². The highest BCUT2D eigenvalue weighted by molar-refractivity contribution is 5.80. The Bertz CT molecular complexity index is 1060. The monoisotopic (exact) mass is 545 g/mol. The summed E-state index contributed by atoms with van der Waals surface area (Å²) in [7, 11) is 4.00. The summed E-state index contributed by atoms with van der Waals surface area (Å²) in [6.07, 6.45) is 8.92. The molecule has 39 heavy (non-hydrogen) atoms. The van der Waals surface area contributed by atoms with Crippen LogP contribution in [0.5, 0.6) is 0 Å². The van der Waals surface area contributed by atoms with Gasteiger partial charge in [-0.1, -0.05) is 25.3 Å². The maximum Gasteiger partial charge on any atom is 0.410 e. The summed E-state index contributed by atoms with van der Waals surface area (Å²) < 4.78 is 34.0. The first-order valence-electron chi connectivity index (χ1n) is 14.9. The SMILES string of the molecule is CN(C)[C@H]1CC(C(=O)N2CCC(CN3C(=O)OCC3(C)C)(C3CCCCC3)CC2)[C@H](c2ccc(F)cc2F)C1. The van der Waals surface area contributed by atoms with E-state index >= 15 is 0 Å². The van der Waals surface area contributed by atoms with Gasteiger partial charge in [-0.2, -0.15) is 0 Å². The van der Waals surface area contributed by atoms with Gasteiger partial charge in [-0.3, -0.25) is 9.69 Å². The molecule has 2 aliphatic carbocycles. The van der Waals surface area contributed by atoms with Crippen molar-refractivity contribution in [1.82, 2.24) is 14.7 Å². The van der Waals surface area contributed by atoms with Crippen LogP contribution in [0.25, 0.3) is 0 Å². The lowest BCUT2D eigenvalue weighted by Gasteiger charge is -2.51. The molecule has 8 heteroatoms. The second-order valence-electron chi connectivity index (χ2n) is 13.4. The molecule has 3 atom stereocenters. The van der Waals surface area contributed by atoms with Crippen molar-refractivity contribution in [2.75, 3.05) is 40.3 Å². The van der Waals surface area contributed by atoms with E-state index in [1.807, 2.05) is 23.9 Å². The van der Waals surface area contributed by atoms with E-state index in [-0.39, 0.29) is 40.8 Å². The van der Waals surface area contributed by atoms with Gasteiger partial charge < -0.3 is 14.5 Å². The van der Waals surface area contributed by atoms with Crippen LogP contribution in [0.2, 0.25) is 0 Å². The maximum absolute atomic E-state index is 14.9. The summed E-state index contributed by atoms with van der Waals surface area (Å²) in [5, 5.41) is 0. The Morgan fingerprint density at radius 3 is 2.36 bits per heavy atom. The van der Waals surface area contributed by atoms with E-state index in [4.69, 9.17) is 4.74 Å². The van der Waals surface area contributed by atoms with Crippen LogP contribution in [0, 0.1) is 28.9 Å². The van der Waals surface area contributed by atoms with Gasteiger partial charge in [0.05, 0.1) is 5.54 Å². The van der Waals surface area contributed by atoms with Crippen molar-refractivity contribution < 1.29 is 23.1 Å². The van der Waals surface area contributed by atoms with Gasteiger partial charge in [0, 0.05) is 37.7 Å². The quantitative estimate of drug-likeness (QED) is 0.453. The molecule has 0 radical (unpaired) electrons. The standard InChI is InChI=1S/C31H45F2N3O3/c1-30(2)20-39-29(38)36(30)19-31(21-8-6-5-7-9-21)12-14-35(15-13-31)28(37)26-18-23(34(3)4)17-25(26)24-11-10-22(32)16-27(24)33/h10-11,16,21,23,25-26H,5-9,12-15,17-20H2,1-4H3/t23-,25+,26?/m1/s1. The zero-order valence-corrected chi connectivity index (χ0v) is 24.1. The van der Waals surface area contributed by atoms with Crippen LogP contribution in [-0.4, -0.2) is 78.6 Å². The number of halogens is 2. The Kier molecular flexibility index (Phi) is 7.97. The van der Waals surface area contributed by atoms with E-state index in [0.717, 1.165) is 18.9 Å². The van der Waals surface area contributed by atoms with Gasteiger partial charge in [0.15, 0.2) is 0 Å². The molecule has 1 aromatic rings. The second kappa shape index (κ2) is 11.0. The Morgan fingerprint density at radius 2 is 1.77 bits per heavy atom. The van der Waals surface area contributed by atoms with Crippen LogP contribution in [-0.2, 0) is 9.53 Å². The molecule has 4 fully saturated rings. The Hall–Kier alpha value is -2.22. The highest BCUT2D eigenvalue weighted by atomic mass is 19.1. The lowest BCUT2D eigenvalue weighted by Crippen LogP contribution is -2.55. The van der Waals surface area contributed by atoms with Crippen LogP contribution in [0.3, 0.4) is 0 Å². The van der Waals surface area contributed by atoms with Gasteiger partial charge in [0.1, 0.15) is 18.2 Å². The molecule has 1 aromatic carbocycles. The molecular weight excluding hydrogens is 500 g/mol. The lowest BCUT2D eigenvalue weighted by atomic mass is 9.63. The number of cyclic esters (lactones) is 1. The second-order valence-corrected chi connectivity index (χ2v) is 13.4. The van der Waals surface area contributed by atoms with Gasteiger partial charge in [0.2, 0.25) is 5.91 Å². The van der Waals surface area contributed by atoms with Crippen LogP contribution >= 0.6 is 0 Å². The number of ether oxygens (including phenoxy) is 1. The Labute approximate surface area is 232 Å². The molecule has 0 spiro atoms. The van der Waals surface area contributed by atoms with Crippen molar-refractivity contribution in [3.63, 3.8) is 0 Å². The summed E-state index contributed by atoms with van der Waals surface area (Å²) in [4.78, 5) is 32.8. The Morgan fingerprint density at radius 1 is 1.08 bits per heavy atom. The first-order chi connectivity index (χ1) is 18.5. The van der Waals surface area contributed by atoms with Crippen LogP contribution in [0.4, 0.5) is 13.6 Å². The van der Waals surface area contributed by atoms with Crippen molar-refractivity contribution in [1.29, 1.82) is 0 Å². The third kappa shape index (κ3) is 5.55. The summed E-state index contributed by atoms with van der Waals surface area (Å²) in [5.74, 6) is -1.12. The van der Waals surface area contributed by atoms with E-state index in [1.165, 1.54) is 44.2 Å². The van der Waals surface area contributed by atoms with Crippen molar-refractivity contribution in [2.24, 2.45) is 17.3 Å². The molecular formula is C31H45F2N3O3. The smallest absolute Gasteiger partial charge is 0.410 e.